The third-order valence-electron chi connectivity index (χ3n) is 1.78. The molecule has 3 N–H and O–H groups in total. The third-order valence-corrected chi connectivity index (χ3v) is 1.97. The maximum Gasteiger partial charge on any atom is 0.185 e. The molecule has 0 spiro atoms. The van der Waals surface area contributed by atoms with E-state index < -0.39 is 0 Å². The van der Waals surface area contributed by atoms with Crippen LogP contribution < -0.4 is 11.2 Å². The molecule has 1 aromatic rings. The third kappa shape index (κ3) is 2.88. The van der Waals surface area contributed by atoms with E-state index in [2.05, 4.69) is 5.43 Å². The smallest absolute Gasteiger partial charge is 0.185 e. The zero-order valence-corrected chi connectivity index (χ0v) is 9.21. The number of benzene rings is 1. The summed E-state index contributed by atoms with van der Waals surface area (Å²) >= 11 is 4.93. The van der Waals surface area contributed by atoms with Gasteiger partial charge in [-0.05, 0) is 38.2 Å². The summed E-state index contributed by atoms with van der Waals surface area (Å²) in [5.41, 5.74) is 9.71. The second kappa shape index (κ2) is 4.81. The zero-order valence-electron chi connectivity index (χ0n) is 8.40. The first kappa shape index (κ1) is 10.8. The van der Waals surface area contributed by atoms with Crippen molar-refractivity contribution in [2.45, 2.75) is 19.9 Å². The summed E-state index contributed by atoms with van der Waals surface area (Å²) in [6.45, 7) is 4.05. The number of hydrazine groups is 1. The zero-order chi connectivity index (χ0) is 10.6. The lowest BCUT2D eigenvalue weighted by Gasteiger charge is -2.28. The van der Waals surface area contributed by atoms with Crippen LogP contribution in [-0.2, 0) is 0 Å². The number of nitrogens with zero attached hydrogens (tertiary/aromatic N) is 1. The monoisotopic (exact) mass is 209 g/mol. The van der Waals surface area contributed by atoms with Crippen LogP contribution in [0.1, 0.15) is 13.8 Å². The maximum atomic E-state index is 5.58. The number of nitrogens with two attached hydrogens (primary N) is 1. The van der Waals surface area contributed by atoms with Crippen molar-refractivity contribution in [3.63, 3.8) is 0 Å². The number of hydrogen-bond donors (Lipinski definition) is 2. The molecule has 4 heteroatoms. The van der Waals surface area contributed by atoms with Gasteiger partial charge in [-0.15, -0.1) is 0 Å². The van der Waals surface area contributed by atoms with Crippen LogP contribution in [0.5, 0.6) is 0 Å². The minimum absolute atomic E-state index is 0.229. The van der Waals surface area contributed by atoms with Crippen LogP contribution in [0.15, 0.2) is 30.3 Å². The van der Waals surface area contributed by atoms with E-state index in [4.69, 9.17) is 18.0 Å². The van der Waals surface area contributed by atoms with Crippen LogP contribution in [0, 0.1) is 0 Å². The van der Waals surface area contributed by atoms with Gasteiger partial charge < -0.3 is 5.73 Å². The van der Waals surface area contributed by atoms with E-state index in [1.807, 2.05) is 44.2 Å². The minimum atomic E-state index is 0.229. The lowest BCUT2D eigenvalue weighted by atomic mass is 10.3. The van der Waals surface area contributed by atoms with Gasteiger partial charge in [0.25, 0.3) is 0 Å². The second-order valence-corrected chi connectivity index (χ2v) is 3.70. The molecule has 0 unspecified atom stereocenters. The summed E-state index contributed by atoms with van der Waals surface area (Å²) in [4.78, 5) is 0. The first-order valence-electron chi connectivity index (χ1n) is 4.51. The van der Waals surface area contributed by atoms with Crippen LogP contribution in [0.2, 0.25) is 0 Å². The number of para-hydroxylation sites is 1. The molecular weight excluding hydrogens is 194 g/mol. The van der Waals surface area contributed by atoms with E-state index in [-0.39, 0.29) is 6.04 Å². The van der Waals surface area contributed by atoms with Gasteiger partial charge in [0.2, 0.25) is 0 Å². The van der Waals surface area contributed by atoms with Gasteiger partial charge in [0, 0.05) is 6.04 Å². The molecule has 0 amide bonds. The van der Waals surface area contributed by atoms with Crippen molar-refractivity contribution in [1.82, 2.24) is 5.01 Å². The summed E-state index contributed by atoms with van der Waals surface area (Å²) in [5.74, 6) is 0. The van der Waals surface area contributed by atoms with Crippen LogP contribution in [0.4, 0.5) is 5.69 Å². The van der Waals surface area contributed by atoms with Gasteiger partial charge in [0.15, 0.2) is 5.11 Å². The summed E-state index contributed by atoms with van der Waals surface area (Å²) in [5, 5.41) is 2.11. The average Bonchev–Trinajstić information content (AvgIpc) is 2.15. The van der Waals surface area contributed by atoms with E-state index in [0.29, 0.717) is 5.11 Å². The highest BCUT2D eigenvalue weighted by molar-refractivity contribution is 7.80. The van der Waals surface area contributed by atoms with Gasteiger partial charge >= 0.3 is 0 Å². The summed E-state index contributed by atoms with van der Waals surface area (Å²) in [7, 11) is 0. The molecule has 0 aliphatic carbocycles. The second-order valence-electron chi connectivity index (χ2n) is 3.28. The maximum absolute atomic E-state index is 5.58. The largest absolute Gasteiger partial charge is 0.375 e. The molecule has 0 aromatic heterocycles. The predicted octanol–water partition coefficient (Wildman–Crippen LogP) is 1.97. The molecule has 14 heavy (non-hydrogen) atoms. The quantitative estimate of drug-likeness (QED) is 0.590. The van der Waals surface area contributed by atoms with Crippen molar-refractivity contribution < 1.29 is 0 Å². The Balaban J connectivity index is 2.70. The molecule has 0 radical (unpaired) electrons. The molecule has 0 aliphatic heterocycles. The molecular formula is C10H15N3S. The average molecular weight is 209 g/mol. The molecule has 76 valence electrons. The SMILES string of the molecule is CC(C)N(Nc1ccccc1)C(N)=S. The lowest BCUT2D eigenvalue weighted by molar-refractivity contribution is 0.414. The van der Waals surface area contributed by atoms with E-state index in [1.165, 1.54) is 0 Å². The van der Waals surface area contributed by atoms with Gasteiger partial charge in [0.05, 0.1) is 5.69 Å². The van der Waals surface area contributed by atoms with Gasteiger partial charge in [-0.1, -0.05) is 18.2 Å². The van der Waals surface area contributed by atoms with Crippen molar-refractivity contribution in [2.75, 3.05) is 5.43 Å². The molecule has 0 saturated heterocycles. The lowest BCUT2D eigenvalue weighted by Crippen LogP contribution is -2.44. The van der Waals surface area contributed by atoms with E-state index in [9.17, 15) is 0 Å². The van der Waals surface area contributed by atoms with Gasteiger partial charge in [-0.3, -0.25) is 10.4 Å². The number of thiocarbonyl (C=S) groups is 1. The fourth-order valence-corrected chi connectivity index (χ4v) is 1.35. The standard InChI is InChI=1S/C10H15N3S/c1-8(2)13(10(11)14)12-9-6-4-3-5-7-9/h3-8,12H,1-2H3,(H2,11,14). The van der Waals surface area contributed by atoms with E-state index in [1.54, 1.807) is 5.01 Å². The molecule has 0 saturated carbocycles. The molecule has 3 nitrogen and oxygen atoms in total. The molecule has 0 heterocycles. The number of anilines is 1. The Morgan fingerprint density at radius 1 is 1.36 bits per heavy atom. The highest BCUT2D eigenvalue weighted by atomic mass is 32.1. The molecule has 0 fully saturated rings. The van der Waals surface area contributed by atoms with Crippen LogP contribution in [-0.4, -0.2) is 16.2 Å². The van der Waals surface area contributed by atoms with Crippen LogP contribution in [0.3, 0.4) is 0 Å². The van der Waals surface area contributed by atoms with E-state index >= 15 is 0 Å². The Morgan fingerprint density at radius 2 is 1.93 bits per heavy atom. The number of nitrogens with one attached hydrogen (secondary N) is 1. The molecule has 0 atom stereocenters. The Bertz CT molecular complexity index is 297. The number of rotatable bonds is 3. The Kier molecular flexibility index (Phi) is 3.71. The highest BCUT2D eigenvalue weighted by Gasteiger charge is 2.09. The molecule has 1 rings (SSSR count). The first-order chi connectivity index (χ1) is 6.61. The Morgan fingerprint density at radius 3 is 2.36 bits per heavy atom. The number of hydrogen-bond acceptors (Lipinski definition) is 2. The summed E-state index contributed by atoms with van der Waals surface area (Å²) < 4.78 is 0. The van der Waals surface area contributed by atoms with Crippen molar-refractivity contribution >= 4 is 23.0 Å². The van der Waals surface area contributed by atoms with Crippen LogP contribution >= 0.6 is 12.2 Å². The highest BCUT2D eigenvalue weighted by Crippen LogP contribution is 2.08. The molecule has 0 aliphatic rings. The molecule has 0 bridgehead atoms. The normalized spacial score (nSPS) is 9.93. The summed E-state index contributed by atoms with van der Waals surface area (Å²) in [6, 6.07) is 10.0. The topological polar surface area (TPSA) is 41.3 Å². The van der Waals surface area contributed by atoms with E-state index in [0.717, 1.165) is 5.69 Å². The van der Waals surface area contributed by atoms with Crippen molar-refractivity contribution in [3.05, 3.63) is 30.3 Å². The van der Waals surface area contributed by atoms with Crippen molar-refractivity contribution in [2.24, 2.45) is 5.73 Å². The Hall–Kier alpha value is -1.29. The summed E-state index contributed by atoms with van der Waals surface area (Å²) in [6.07, 6.45) is 0. The fourth-order valence-electron chi connectivity index (χ4n) is 1.09. The Labute approximate surface area is 89.9 Å². The van der Waals surface area contributed by atoms with Crippen LogP contribution in [0.25, 0.3) is 0 Å². The molecule has 1 aromatic carbocycles. The van der Waals surface area contributed by atoms with Gasteiger partial charge in [-0.25, -0.2) is 0 Å². The van der Waals surface area contributed by atoms with Gasteiger partial charge in [0.1, 0.15) is 0 Å². The van der Waals surface area contributed by atoms with Crippen molar-refractivity contribution in [3.8, 4) is 0 Å². The predicted molar refractivity (Wildman–Crippen MR) is 63.8 cm³/mol. The minimum Gasteiger partial charge on any atom is -0.375 e. The van der Waals surface area contributed by atoms with Crippen molar-refractivity contribution in [1.29, 1.82) is 0 Å². The fraction of sp³-hybridized carbons (Fsp3) is 0.300. The first-order valence-corrected chi connectivity index (χ1v) is 4.92. The van der Waals surface area contributed by atoms with Gasteiger partial charge in [-0.2, -0.15) is 0 Å².